The van der Waals surface area contributed by atoms with E-state index in [-0.39, 0.29) is 29.1 Å². The average Bonchev–Trinajstić information content (AvgIpc) is 3.69. The standard InChI is InChI=1S/C33H40N2O3/c1-7-10-22(8-2)28-18-29(28)32(37)34-20-24-13-14-26(23-11-9-12-25(17-23)38-6)27-15-16-35(21-30(24)27)31(36)19-33(3,4)5/h7-14,17,28-29H,1-2,15-16,18-21H2,3-6H3,(H,34,37)/b22-10+. The molecular formula is C33H40N2O3. The third-order valence-electron chi connectivity index (χ3n) is 7.48. The van der Waals surface area contributed by atoms with E-state index in [9.17, 15) is 9.59 Å². The maximum atomic E-state index is 13.1. The van der Waals surface area contributed by atoms with Crippen molar-refractivity contribution >= 4 is 11.8 Å². The lowest BCUT2D eigenvalue weighted by Crippen LogP contribution is -2.38. The Morgan fingerprint density at radius 3 is 2.61 bits per heavy atom. The molecule has 1 aliphatic carbocycles. The van der Waals surface area contributed by atoms with E-state index in [2.05, 4.69) is 63.5 Å². The van der Waals surface area contributed by atoms with Gasteiger partial charge in [-0.15, -0.1) is 0 Å². The molecule has 0 spiro atoms. The molecule has 1 fully saturated rings. The van der Waals surface area contributed by atoms with Crippen molar-refractivity contribution < 1.29 is 14.3 Å². The Kier molecular flexibility index (Phi) is 8.25. The van der Waals surface area contributed by atoms with Gasteiger partial charge >= 0.3 is 0 Å². The number of benzene rings is 2. The van der Waals surface area contributed by atoms with Crippen LogP contribution in [0.5, 0.6) is 5.75 Å². The number of fused-ring (bicyclic) bond motifs is 1. The van der Waals surface area contributed by atoms with Crippen LogP contribution < -0.4 is 10.1 Å². The fourth-order valence-electron chi connectivity index (χ4n) is 5.39. The van der Waals surface area contributed by atoms with Crippen LogP contribution in [-0.4, -0.2) is 30.4 Å². The molecule has 1 saturated carbocycles. The molecule has 0 radical (unpaired) electrons. The Balaban J connectivity index is 1.59. The largest absolute Gasteiger partial charge is 0.497 e. The second-order valence-electron chi connectivity index (χ2n) is 11.5. The van der Waals surface area contributed by atoms with Crippen molar-refractivity contribution in [3.63, 3.8) is 0 Å². The molecule has 2 aliphatic rings. The van der Waals surface area contributed by atoms with Crippen molar-refractivity contribution in [2.24, 2.45) is 17.3 Å². The van der Waals surface area contributed by atoms with Crippen molar-refractivity contribution in [3.05, 3.63) is 90.0 Å². The second-order valence-corrected chi connectivity index (χ2v) is 11.5. The molecule has 2 aromatic rings. The highest BCUT2D eigenvalue weighted by Crippen LogP contribution is 2.45. The van der Waals surface area contributed by atoms with Crippen LogP contribution in [0.4, 0.5) is 0 Å². The molecule has 2 unspecified atom stereocenters. The number of amides is 2. The van der Waals surface area contributed by atoms with Crippen LogP contribution in [0.3, 0.4) is 0 Å². The van der Waals surface area contributed by atoms with Crippen molar-refractivity contribution in [1.82, 2.24) is 10.2 Å². The first-order valence-corrected chi connectivity index (χ1v) is 13.4. The monoisotopic (exact) mass is 512 g/mol. The number of nitrogens with one attached hydrogen (secondary N) is 1. The summed E-state index contributed by atoms with van der Waals surface area (Å²) in [5.74, 6) is 1.23. The fraction of sp³-hybridized carbons (Fsp3) is 0.394. The first kappa shape index (κ1) is 27.4. The quantitative estimate of drug-likeness (QED) is 0.405. The van der Waals surface area contributed by atoms with Gasteiger partial charge in [0.05, 0.1) is 7.11 Å². The number of carbonyl (C=O) groups is 2. The van der Waals surface area contributed by atoms with Crippen molar-refractivity contribution in [2.75, 3.05) is 13.7 Å². The molecule has 4 rings (SSSR count). The molecule has 5 nitrogen and oxygen atoms in total. The zero-order chi connectivity index (χ0) is 27.4. The predicted molar refractivity (Wildman–Crippen MR) is 154 cm³/mol. The van der Waals surface area contributed by atoms with Crippen LogP contribution >= 0.6 is 0 Å². The number of hydrogen-bond acceptors (Lipinski definition) is 3. The SMILES string of the molecule is C=C/C=C(\C=C)C1CC1C(=O)NCc1ccc(-c2cccc(OC)c2)c2c1CN(C(=O)CC(C)(C)C)CC2. The number of rotatable bonds is 9. The van der Waals surface area contributed by atoms with Gasteiger partial charge in [-0.3, -0.25) is 9.59 Å². The van der Waals surface area contributed by atoms with Crippen LogP contribution in [0, 0.1) is 17.3 Å². The third-order valence-corrected chi connectivity index (χ3v) is 7.48. The molecule has 2 aromatic carbocycles. The lowest BCUT2D eigenvalue weighted by molar-refractivity contribution is -0.134. The number of ether oxygens (including phenoxy) is 1. The van der Waals surface area contributed by atoms with E-state index in [4.69, 9.17) is 4.74 Å². The number of carbonyl (C=O) groups excluding carboxylic acids is 2. The van der Waals surface area contributed by atoms with Gasteiger partial charge in [-0.2, -0.15) is 0 Å². The summed E-state index contributed by atoms with van der Waals surface area (Å²) in [4.78, 5) is 28.1. The average molecular weight is 513 g/mol. The maximum absolute atomic E-state index is 13.1. The Morgan fingerprint density at radius 2 is 1.92 bits per heavy atom. The van der Waals surface area contributed by atoms with Gasteiger partial charge in [0.2, 0.25) is 11.8 Å². The van der Waals surface area contributed by atoms with E-state index in [1.807, 2.05) is 29.2 Å². The summed E-state index contributed by atoms with van der Waals surface area (Å²) in [5.41, 5.74) is 6.70. The van der Waals surface area contributed by atoms with Crippen molar-refractivity contribution in [1.29, 1.82) is 0 Å². The van der Waals surface area contributed by atoms with E-state index in [0.29, 0.717) is 26.1 Å². The zero-order valence-electron chi connectivity index (χ0n) is 23.2. The fourth-order valence-corrected chi connectivity index (χ4v) is 5.39. The first-order valence-electron chi connectivity index (χ1n) is 13.4. The minimum atomic E-state index is -0.0677. The van der Waals surface area contributed by atoms with E-state index in [1.54, 1.807) is 13.2 Å². The van der Waals surface area contributed by atoms with E-state index in [1.165, 1.54) is 5.56 Å². The molecule has 2 amide bonds. The summed E-state index contributed by atoms with van der Waals surface area (Å²) in [6.07, 6.45) is 7.61. The Labute approximate surface area is 227 Å². The van der Waals surface area contributed by atoms with Crippen LogP contribution in [0.25, 0.3) is 11.1 Å². The minimum absolute atomic E-state index is 0.0315. The predicted octanol–water partition coefficient (Wildman–Crippen LogP) is 6.23. The Morgan fingerprint density at radius 1 is 1.13 bits per heavy atom. The van der Waals surface area contributed by atoms with Gasteiger partial charge in [0.15, 0.2) is 0 Å². The highest BCUT2D eigenvalue weighted by Gasteiger charge is 2.44. The number of methoxy groups -OCH3 is 1. The highest BCUT2D eigenvalue weighted by atomic mass is 16.5. The second kappa shape index (κ2) is 11.4. The van der Waals surface area contributed by atoms with Gasteiger partial charge in [-0.25, -0.2) is 0 Å². The molecule has 1 heterocycles. The van der Waals surface area contributed by atoms with Crippen LogP contribution in [0.1, 0.15) is 50.3 Å². The molecule has 2 atom stereocenters. The molecule has 0 aromatic heterocycles. The van der Waals surface area contributed by atoms with Crippen molar-refractivity contribution in [2.45, 2.75) is 53.1 Å². The summed E-state index contributed by atoms with van der Waals surface area (Å²) in [6.45, 7) is 15.6. The number of hydrogen-bond donors (Lipinski definition) is 1. The van der Waals surface area contributed by atoms with E-state index < -0.39 is 0 Å². The number of allylic oxidation sites excluding steroid dienone is 4. The summed E-state index contributed by atoms with van der Waals surface area (Å²) >= 11 is 0. The molecule has 1 aliphatic heterocycles. The van der Waals surface area contributed by atoms with Crippen LogP contribution in [0.2, 0.25) is 0 Å². The van der Waals surface area contributed by atoms with Gasteiger partial charge in [0.25, 0.3) is 0 Å². The van der Waals surface area contributed by atoms with E-state index in [0.717, 1.165) is 46.4 Å². The van der Waals surface area contributed by atoms with Gasteiger partial charge < -0.3 is 15.0 Å². The smallest absolute Gasteiger partial charge is 0.224 e. The summed E-state index contributed by atoms with van der Waals surface area (Å²) in [5, 5.41) is 3.17. The maximum Gasteiger partial charge on any atom is 0.224 e. The summed E-state index contributed by atoms with van der Waals surface area (Å²) in [7, 11) is 1.68. The van der Waals surface area contributed by atoms with Crippen LogP contribution in [0.15, 0.2) is 73.4 Å². The topological polar surface area (TPSA) is 58.6 Å². The summed E-state index contributed by atoms with van der Waals surface area (Å²) < 4.78 is 5.47. The van der Waals surface area contributed by atoms with Gasteiger partial charge in [0, 0.05) is 32.0 Å². The third kappa shape index (κ3) is 6.27. The van der Waals surface area contributed by atoms with Gasteiger partial charge in [-0.1, -0.05) is 76.4 Å². The Hall–Kier alpha value is -3.60. The van der Waals surface area contributed by atoms with E-state index >= 15 is 0 Å². The minimum Gasteiger partial charge on any atom is -0.497 e. The lowest BCUT2D eigenvalue weighted by atomic mass is 9.86. The molecule has 0 bridgehead atoms. The molecule has 1 N–H and O–H groups in total. The van der Waals surface area contributed by atoms with Gasteiger partial charge in [-0.05, 0) is 69.7 Å². The molecule has 38 heavy (non-hydrogen) atoms. The molecular weight excluding hydrogens is 472 g/mol. The number of nitrogens with zero attached hydrogens (tertiary/aromatic N) is 1. The normalized spacial score (nSPS) is 18.8. The highest BCUT2D eigenvalue weighted by molar-refractivity contribution is 5.83. The van der Waals surface area contributed by atoms with Crippen LogP contribution in [-0.2, 0) is 29.1 Å². The van der Waals surface area contributed by atoms with Crippen molar-refractivity contribution in [3.8, 4) is 16.9 Å². The summed E-state index contributed by atoms with van der Waals surface area (Å²) in [6, 6.07) is 12.3. The zero-order valence-corrected chi connectivity index (χ0v) is 23.2. The lowest BCUT2D eigenvalue weighted by Gasteiger charge is -2.33. The van der Waals surface area contributed by atoms with Gasteiger partial charge in [0.1, 0.15) is 5.75 Å². The molecule has 200 valence electrons. The first-order chi connectivity index (χ1) is 18.1. The Bertz CT molecular complexity index is 1270. The molecule has 0 saturated heterocycles. The molecule has 5 heteroatoms.